The Labute approximate surface area is 253 Å². The van der Waals surface area contributed by atoms with Crippen LogP contribution in [0.15, 0.2) is 110 Å². The number of fused-ring (bicyclic) bond motifs is 4. The molecule has 0 fully saturated rings. The molecule has 0 atom stereocenters. The van der Waals surface area contributed by atoms with Crippen molar-refractivity contribution in [3.05, 3.63) is 137 Å². The van der Waals surface area contributed by atoms with Gasteiger partial charge in [0.2, 0.25) is 0 Å². The summed E-state index contributed by atoms with van der Waals surface area (Å²) in [5.41, 5.74) is 8.30. The van der Waals surface area contributed by atoms with Crippen molar-refractivity contribution in [1.82, 2.24) is 4.98 Å². The summed E-state index contributed by atoms with van der Waals surface area (Å²) < 4.78 is 2.60. The summed E-state index contributed by atoms with van der Waals surface area (Å²) in [7, 11) is 0. The fraction of sp³-hybridized carbons (Fsp3) is 0.125. The zero-order chi connectivity index (χ0) is 29.6. The van der Waals surface area contributed by atoms with E-state index in [4.69, 9.17) is 0 Å². The summed E-state index contributed by atoms with van der Waals surface area (Å²) in [4.78, 5) is 4.59. The highest BCUT2D eigenvalue weighted by Gasteiger charge is 2.13. The molecule has 0 aliphatic heterocycles. The predicted octanol–water partition coefficient (Wildman–Crippen LogP) is 10.5. The van der Waals surface area contributed by atoms with Crippen molar-refractivity contribution in [1.29, 1.82) is 0 Å². The van der Waals surface area contributed by atoms with E-state index < -0.39 is 0 Å². The van der Waals surface area contributed by atoms with Gasteiger partial charge in [0.15, 0.2) is 0 Å². The molecule has 0 aliphatic rings. The number of rotatable bonds is 5. The van der Waals surface area contributed by atoms with Crippen LogP contribution in [0, 0.1) is 6.92 Å². The second-order valence-corrected chi connectivity index (χ2v) is 11.6. The second-order valence-electron chi connectivity index (χ2n) is 10.5. The molecule has 208 valence electrons. The number of pyridine rings is 1. The van der Waals surface area contributed by atoms with E-state index in [0.29, 0.717) is 0 Å². The van der Waals surface area contributed by atoms with Gasteiger partial charge < -0.3 is 0 Å². The van der Waals surface area contributed by atoms with Crippen molar-refractivity contribution >= 4 is 66.7 Å². The predicted molar refractivity (Wildman–Crippen MR) is 189 cm³/mol. The molecule has 0 N–H and O–H groups in total. The summed E-state index contributed by atoms with van der Waals surface area (Å²) in [6, 6.07) is 28.4. The smallest absolute Gasteiger partial charge is 0.0708 e. The monoisotopic (exact) mass is 563 g/mol. The third-order valence-electron chi connectivity index (χ3n) is 7.49. The second kappa shape index (κ2) is 13.0. The van der Waals surface area contributed by atoms with E-state index in [9.17, 15) is 0 Å². The van der Waals surface area contributed by atoms with Crippen LogP contribution < -0.4 is 10.4 Å². The van der Waals surface area contributed by atoms with Gasteiger partial charge in [-0.2, -0.15) is 0 Å². The summed E-state index contributed by atoms with van der Waals surface area (Å²) in [5, 5.41) is 5.98. The molecule has 0 aliphatic carbocycles. The van der Waals surface area contributed by atoms with Crippen LogP contribution in [-0.4, -0.2) is 4.98 Å². The number of allylic oxidation sites excluding steroid dienone is 4. The Bertz CT molecular complexity index is 2080. The van der Waals surface area contributed by atoms with Crippen LogP contribution in [0.3, 0.4) is 0 Å². The van der Waals surface area contributed by atoms with Crippen LogP contribution in [0.25, 0.3) is 66.5 Å². The Morgan fingerprint density at radius 1 is 0.881 bits per heavy atom. The fourth-order valence-electron chi connectivity index (χ4n) is 5.25. The maximum absolute atomic E-state index is 4.59. The van der Waals surface area contributed by atoms with Crippen LogP contribution in [-0.2, 0) is 0 Å². The molecule has 2 heteroatoms. The third-order valence-corrected chi connectivity index (χ3v) is 8.62. The molecule has 2 aromatic heterocycles. The zero-order valence-electron chi connectivity index (χ0n) is 24.9. The topological polar surface area (TPSA) is 12.9 Å². The molecular weight excluding hydrogens is 527 g/mol. The number of benzene rings is 4. The molecule has 2 heterocycles. The first-order valence-corrected chi connectivity index (χ1v) is 15.3. The SMILES string of the molecule is C=C/C=C\c1cc/c(=C/C=C(\C)c2ccc3sc4cccc(-c5cccc6ncccc56)c4c3c2)c(=C)c1C.CCC. The Balaban J connectivity index is 0.00000113. The molecule has 0 spiro atoms. The molecule has 6 aromatic rings. The third kappa shape index (κ3) is 5.77. The lowest BCUT2D eigenvalue weighted by Gasteiger charge is -2.09. The van der Waals surface area contributed by atoms with Gasteiger partial charge >= 0.3 is 0 Å². The Kier molecular flexibility index (Phi) is 8.95. The molecule has 4 aromatic carbocycles. The highest BCUT2D eigenvalue weighted by Crippen LogP contribution is 2.42. The fourth-order valence-corrected chi connectivity index (χ4v) is 6.36. The summed E-state index contributed by atoms with van der Waals surface area (Å²) in [6.45, 7) is 16.7. The average molecular weight is 564 g/mol. The van der Waals surface area contributed by atoms with E-state index in [-0.39, 0.29) is 0 Å². The van der Waals surface area contributed by atoms with Crippen LogP contribution in [0.4, 0.5) is 0 Å². The maximum Gasteiger partial charge on any atom is 0.0708 e. The van der Waals surface area contributed by atoms with E-state index >= 15 is 0 Å². The number of nitrogens with zero attached hydrogens (tertiary/aromatic N) is 1. The molecule has 0 saturated heterocycles. The summed E-state index contributed by atoms with van der Waals surface area (Å²) in [6.07, 6.45) is 13.3. The van der Waals surface area contributed by atoms with Crippen molar-refractivity contribution in [2.24, 2.45) is 0 Å². The van der Waals surface area contributed by atoms with Crippen molar-refractivity contribution in [2.75, 3.05) is 0 Å². The molecule has 0 radical (unpaired) electrons. The van der Waals surface area contributed by atoms with Gasteiger partial charge in [-0.1, -0.05) is 112 Å². The molecule has 0 unspecified atom stereocenters. The van der Waals surface area contributed by atoms with Crippen molar-refractivity contribution in [3.8, 4) is 11.1 Å². The van der Waals surface area contributed by atoms with Gasteiger partial charge in [0.1, 0.15) is 0 Å². The largest absolute Gasteiger partial charge is 0.256 e. The first kappa shape index (κ1) is 29.0. The van der Waals surface area contributed by atoms with Gasteiger partial charge in [0.25, 0.3) is 0 Å². The first-order chi connectivity index (χ1) is 20.5. The van der Waals surface area contributed by atoms with Gasteiger partial charge in [0.05, 0.1) is 5.52 Å². The number of thiophene rings is 1. The van der Waals surface area contributed by atoms with Crippen molar-refractivity contribution in [2.45, 2.75) is 34.1 Å². The van der Waals surface area contributed by atoms with Crippen LogP contribution in [0.1, 0.15) is 43.9 Å². The quantitative estimate of drug-likeness (QED) is 0.190. The normalized spacial score (nSPS) is 12.3. The highest BCUT2D eigenvalue weighted by atomic mass is 32.1. The van der Waals surface area contributed by atoms with E-state index in [0.717, 1.165) is 16.0 Å². The minimum absolute atomic E-state index is 1.02. The summed E-state index contributed by atoms with van der Waals surface area (Å²) >= 11 is 1.85. The molecule has 42 heavy (non-hydrogen) atoms. The van der Waals surface area contributed by atoms with Crippen LogP contribution in [0.5, 0.6) is 0 Å². The van der Waals surface area contributed by atoms with E-state index in [1.165, 1.54) is 65.4 Å². The molecule has 1 nitrogen and oxygen atoms in total. The first-order valence-electron chi connectivity index (χ1n) is 14.5. The highest BCUT2D eigenvalue weighted by molar-refractivity contribution is 7.25. The standard InChI is InChI=1S/C37H29NS.C3H8/c1-5-6-10-27-18-19-28(26(4)25(27)3)17-16-24(2)29-20-21-35-33(23-29)37-32(12-8-15-36(37)39-35)30-11-7-14-34-31(30)13-9-22-38-34;1-3-2/h5-23H,1,4H2,2-3H3;3H2,1-2H3/b10-6-,24-16+,28-17-;. The molecule has 0 amide bonds. The van der Waals surface area contributed by atoms with Gasteiger partial charge in [-0.15, -0.1) is 11.3 Å². The summed E-state index contributed by atoms with van der Waals surface area (Å²) in [5.74, 6) is 0. The minimum atomic E-state index is 1.02. The molecular formula is C40H37NS. The Hall–Kier alpha value is -4.53. The van der Waals surface area contributed by atoms with Crippen LogP contribution in [0.2, 0.25) is 0 Å². The molecule has 0 bridgehead atoms. The lowest BCUT2D eigenvalue weighted by Crippen LogP contribution is -2.26. The van der Waals surface area contributed by atoms with Crippen molar-refractivity contribution in [3.63, 3.8) is 0 Å². The van der Waals surface area contributed by atoms with Gasteiger partial charge in [-0.3, -0.25) is 4.98 Å². The molecule has 6 rings (SSSR count). The van der Waals surface area contributed by atoms with E-state index in [1.54, 1.807) is 6.08 Å². The van der Waals surface area contributed by atoms with E-state index in [2.05, 4.69) is 137 Å². The Morgan fingerprint density at radius 2 is 1.67 bits per heavy atom. The van der Waals surface area contributed by atoms with Gasteiger partial charge in [0, 0.05) is 31.8 Å². The van der Waals surface area contributed by atoms with E-state index in [1.807, 2.05) is 29.7 Å². The Morgan fingerprint density at radius 3 is 2.48 bits per heavy atom. The number of aromatic nitrogens is 1. The number of hydrogen-bond donors (Lipinski definition) is 0. The van der Waals surface area contributed by atoms with Crippen LogP contribution >= 0.6 is 11.3 Å². The minimum Gasteiger partial charge on any atom is -0.256 e. The number of hydrogen-bond acceptors (Lipinski definition) is 2. The molecule has 0 saturated carbocycles. The van der Waals surface area contributed by atoms with Crippen molar-refractivity contribution < 1.29 is 0 Å². The average Bonchev–Trinajstić information content (AvgIpc) is 3.39. The maximum atomic E-state index is 4.59. The van der Waals surface area contributed by atoms with Gasteiger partial charge in [-0.25, -0.2) is 0 Å². The zero-order valence-corrected chi connectivity index (χ0v) is 25.8. The van der Waals surface area contributed by atoms with Gasteiger partial charge in [-0.05, 0) is 88.0 Å². The lowest BCUT2D eigenvalue weighted by molar-refractivity contribution is 1.09. The lowest BCUT2D eigenvalue weighted by atomic mass is 9.95.